The number of anilines is 2. The Balaban J connectivity index is 1.65. The fraction of sp³-hybridized carbons (Fsp3) is 0.333. The Morgan fingerprint density at radius 2 is 1.93 bits per heavy atom. The average molecular weight is 408 g/mol. The smallest absolute Gasteiger partial charge is 0.265 e. The molecule has 2 aromatic rings. The van der Waals surface area contributed by atoms with Crippen molar-refractivity contribution in [3.63, 3.8) is 0 Å². The Morgan fingerprint density at radius 1 is 1.20 bits per heavy atom. The van der Waals surface area contributed by atoms with Crippen LogP contribution in [0.4, 0.5) is 11.4 Å². The molecule has 3 rings (SSSR count). The van der Waals surface area contributed by atoms with Crippen LogP contribution in [0.25, 0.3) is 6.08 Å². The third-order valence-electron chi connectivity index (χ3n) is 4.97. The van der Waals surface area contributed by atoms with Crippen molar-refractivity contribution in [2.24, 2.45) is 0 Å². The van der Waals surface area contributed by atoms with Gasteiger partial charge in [-0.25, -0.2) is 0 Å². The number of likely N-dealkylation sites (N-methyl/N-ethyl adjacent to an activating group) is 1. The van der Waals surface area contributed by atoms with E-state index < -0.39 is 0 Å². The van der Waals surface area contributed by atoms with Gasteiger partial charge in [-0.05, 0) is 49.3 Å². The lowest BCUT2D eigenvalue weighted by Gasteiger charge is -2.30. The normalized spacial score (nSPS) is 13.7. The van der Waals surface area contributed by atoms with Gasteiger partial charge in [0.05, 0.1) is 5.69 Å². The highest BCUT2D eigenvalue weighted by Gasteiger charge is 2.25. The van der Waals surface area contributed by atoms with Gasteiger partial charge in [0.25, 0.3) is 5.91 Å². The van der Waals surface area contributed by atoms with Crippen LogP contribution in [0, 0.1) is 0 Å². The van der Waals surface area contributed by atoms with Crippen LogP contribution in [0.3, 0.4) is 0 Å². The lowest BCUT2D eigenvalue weighted by Crippen LogP contribution is -2.42. The molecule has 1 aliphatic rings. The van der Waals surface area contributed by atoms with Gasteiger partial charge in [-0.2, -0.15) is 0 Å². The van der Waals surface area contributed by atoms with E-state index >= 15 is 0 Å². The van der Waals surface area contributed by atoms with Crippen LogP contribution in [0.2, 0.25) is 0 Å². The molecule has 0 unspecified atom stereocenters. The van der Waals surface area contributed by atoms with Crippen molar-refractivity contribution in [2.75, 3.05) is 44.0 Å². The Morgan fingerprint density at radius 3 is 2.60 bits per heavy atom. The SMILES string of the molecule is CC(C)c1ccc(/C=C/C(=O)Nc2ccc3c(c2)OCC(=O)N3CCN(C)C)cc1. The number of rotatable bonds is 7. The number of carbonyl (C=O) groups excluding carboxylic acids is 2. The summed E-state index contributed by atoms with van der Waals surface area (Å²) >= 11 is 0. The summed E-state index contributed by atoms with van der Waals surface area (Å²) in [6.45, 7) is 5.65. The molecule has 6 heteroatoms. The number of ether oxygens (including phenoxy) is 1. The summed E-state index contributed by atoms with van der Waals surface area (Å²) in [7, 11) is 3.94. The molecule has 0 saturated heterocycles. The molecule has 0 spiro atoms. The number of hydrogen-bond acceptors (Lipinski definition) is 4. The first kappa shape index (κ1) is 21.6. The van der Waals surface area contributed by atoms with Crippen LogP contribution in [-0.2, 0) is 9.59 Å². The zero-order chi connectivity index (χ0) is 21.7. The van der Waals surface area contributed by atoms with Gasteiger partial charge in [-0.15, -0.1) is 0 Å². The second-order valence-electron chi connectivity index (χ2n) is 7.96. The Kier molecular flexibility index (Phi) is 6.90. The van der Waals surface area contributed by atoms with Crippen LogP contribution in [-0.4, -0.2) is 50.5 Å². The van der Waals surface area contributed by atoms with E-state index in [-0.39, 0.29) is 18.4 Å². The number of hydrogen-bond donors (Lipinski definition) is 1. The lowest BCUT2D eigenvalue weighted by molar-refractivity contribution is -0.121. The molecule has 2 amide bonds. The van der Waals surface area contributed by atoms with Crippen LogP contribution in [0.5, 0.6) is 5.75 Å². The zero-order valence-corrected chi connectivity index (χ0v) is 18.0. The van der Waals surface area contributed by atoms with Gasteiger partial charge in [0.2, 0.25) is 5.91 Å². The Bertz CT molecular complexity index is 933. The largest absolute Gasteiger partial charge is 0.481 e. The third kappa shape index (κ3) is 5.48. The highest BCUT2D eigenvalue weighted by molar-refractivity contribution is 6.03. The molecule has 1 aliphatic heterocycles. The topological polar surface area (TPSA) is 61.9 Å². The molecule has 158 valence electrons. The van der Waals surface area contributed by atoms with E-state index in [1.54, 1.807) is 23.1 Å². The van der Waals surface area contributed by atoms with E-state index in [0.29, 0.717) is 23.9 Å². The summed E-state index contributed by atoms with van der Waals surface area (Å²) in [4.78, 5) is 28.3. The quantitative estimate of drug-likeness (QED) is 0.710. The fourth-order valence-electron chi connectivity index (χ4n) is 3.18. The lowest BCUT2D eigenvalue weighted by atomic mass is 10.0. The van der Waals surface area contributed by atoms with E-state index in [9.17, 15) is 9.59 Å². The first-order valence-electron chi connectivity index (χ1n) is 10.1. The maximum Gasteiger partial charge on any atom is 0.265 e. The molecule has 1 heterocycles. The minimum Gasteiger partial charge on any atom is -0.481 e. The Hall–Kier alpha value is -3.12. The molecule has 0 aromatic heterocycles. The van der Waals surface area contributed by atoms with Crippen molar-refractivity contribution in [1.29, 1.82) is 0 Å². The maximum atomic E-state index is 12.3. The van der Waals surface area contributed by atoms with Crippen molar-refractivity contribution in [1.82, 2.24) is 4.90 Å². The first-order chi connectivity index (χ1) is 14.3. The zero-order valence-electron chi connectivity index (χ0n) is 18.0. The number of carbonyl (C=O) groups is 2. The molecule has 30 heavy (non-hydrogen) atoms. The number of nitrogens with zero attached hydrogens (tertiary/aromatic N) is 2. The maximum absolute atomic E-state index is 12.3. The van der Waals surface area contributed by atoms with Gasteiger partial charge in [-0.1, -0.05) is 38.1 Å². The minimum absolute atomic E-state index is 0.00407. The van der Waals surface area contributed by atoms with Gasteiger partial charge in [-0.3, -0.25) is 9.59 Å². The predicted octanol–water partition coefficient (Wildman–Crippen LogP) is 3.75. The van der Waals surface area contributed by atoms with Gasteiger partial charge in [0.15, 0.2) is 6.61 Å². The molecular formula is C24H29N3O3. The number of nitrogens with one attached hydrogen (secondary N) is 1. The van der Waals surface area contributed by atoms with Crippen molar-refractivity contribution in [2.45, 2.75) is 19.8 Å². The summed E-state index contributed by atoms with van der Waals surface area (Å²) in [5, 5.41) is 2.85. The molecule has 0 bridgehead atoms. The summed E-state index contributed by atoms with van der Waals surface area (Å²) in [6, 6.07) is 13.5. The second kappa shape index (κ2) is 9.59. The van der Waals surface area contributed by atoms with Crippen LogP contribution < -0.4 is 15.0 Å². The van der Waals surface area contributed by atoms with Gasteiger partial charge < -0.3 is 19.9 Å². The standard InChI is InChI=1S/C24H29N3O3/c1-17(2)19-8-5-18(6-9-19)7-12-23(28)25-20-10-11-21-22(15-20)30-16-24(29)27(21)14-13-26(3)4/h5-12,15,17H,13-14,16H2,1-4H3,(H,25,28)/b12-7+. The first-order valence-corrected chi connectivity index (χ1v) is 10.1. The van der Waals surface area contributed by atoms with E-state index in [2.05, 4.69) is 31.3 Å². The van der Waals surface area contributed by atoms with Crippen molar-refractivity contribution >= 4 is 29.3 Å². The highest BCUT2D eigenvalue weighted by Crippen LogP contribution is 2.34. The number of fused-ring (bicyclic) bond motifs is 1. The average Bonchev–Trinajstić information content (AvgIpc) is 2.71. The summed E-state index contributed by atoms with van der Waals surface area (Å²) in [5.74, 6) is 0.790. The monoisotopic (exact) mass is 407 g/mol. The van der Waals surface area contributed by atoms with Crippen LogP contribution in [0.15, 0.2) is 48.5 Å². The molecule has 0 saturated carbocycles. The van der Waals surface area contributed by atoms with Crippen molar-refractivity contribution in [3.05, 3.63) is 59.7 Å². The van der Waals surface area contributed by atoms with Gasteiger partial charge >= 0.3 is 0 Å². The van der Waals surface area contributed by atoms with Crippen LogP contribution >= 0.6 is 0 Å². The van der Waals surface area contributed by atoms with Crippen molar-refractivity contribution in [3.8, 4) is 5.75 Å². The molecule has 2 aromatic carbocycles. The number of amides is 2. The van der Waals surface area contributed by atoms with E-state index in [0.717, 1.165) is 17.8 Å². The van der Waals surface area contributed by atoms with E-state index in [1.807, 2.05) is 37.2 Å². The fourth-order valence-corrected chi connectivity index (χ4v) is 3.18. The molecule has 0 aliphatic carbocycles. The van der Waals surface area contributed by atoms with Crippen LogP contribution in [0.1, 0.15) is 30.9 Å². The minimum atomic E-state index is -0.223. The van der Waals surface area contributed by atoms with Gasteiger partial charge in [0, 0.05) is 30.9 Å². The summed E-state index contributed by atoms with van der Waals surface area (Å²) in [5.41, 5.74) is 3.59. The molecule has 1 N–H and O–H groups in total. The van der Waals surface area contributed by atoms with E-state index in [4.69, 9.17) is 4.74 Å². The summed E-state index contributed by atoms with van der Waals surface area (Å²) < 4.78 is 5.58. The molecule has 6 nitrogen and oxygen atoms in total. The highest BCUT2D eigenvalue weighted by atomic mass is 16.5. The third-order valence-corrected chi connectivity index (χ3v) is 4.97. The summed E-state index contributed by atoms with van der Waals surface area (Å²) in [6.07, 6.45) is 3.30. The predicted molar refractivity (Wildman–Crippen MR) is 121 cm³/mol. The molecule has 0 fully saturated rings. The Labute approximate surface area is 178 Å². The molecule has 0 atom stereocenters. The van der Waals surface area contributed by atoms with Gasteiger partial charge in [0.1, 0.15) is 5.75 Å². The second-order valence-corrected chi connectivity index (χ2v) is 7.96. The number of benzene rings is 2. The molecule has 0 radical (unpaired) electrons. The van der Waals surface area contributed by atoms with Crippen molar-refractivity contribution < 1.29 is 14.3 Å². The van der Waals surface area contributed by atoms with E-state index in [1.165, 1.54) is 11.6 Å². The molecular weight excluding hydrogens is 378 g/mol.